The molecule has 4 nitrogen and oxygen atoms in total. The van der Waals surface area contributed by atoms with Crippen molar-refractivity contribution in [1.29, 1.82) is 0 Å². The number of hydrogen-bond donors (Lipinski definition) is 0. The number of ether oxygens (including phenoxy) is 4. The van der Waals surface area contributed by atoms with Crippen LogP contribution in [0.4, 0.5) is 0 Å². The van der Waals surface area contributed by atoms with E-state index in [4.69, 9.17) is 18.9 Å². The monoisotopic (exact) mass is 368 g/mol. The van der Waals surface area contributed by atoms with Gasteiger partial charge in [0, 0.05) is 5.56 Å². The standard InChI is InChI=1S/C23H28O4/c1-6-7-17-11-21(24-4)19(22(12-17)25-5)10-15(2)16(3)18-8-9-20-23(13-18)27-14-26-20/h6-9,11-13,15-16H,10,14H2,1-5H3/b7-6+/t15-,16+/m0/s1. The molecule has 1 aliphatic heterocycles. The van der Waals surface area contributed by atoms with E-state index >= 15 is 0 Å². The summed E-state index contributed by atoms with van der Waals surface area (Å²) >= 11 is 0. The molecule has 144 valence electrons. The molecule has 0 saturated heterocycles. The van der Waals surface area contributed by atoms with Gasteiger partial charge in [0.1, 0.15) is 11.5 Å². The molecule has 2 atom stereocenters. The van der Waals surface area contributed by atoms with Crippen molar-refractivity contribution in [3.05, 3.63) is 53.1 Å². The van der Waals surface area contributed by atoms with E-state index in [1.54, 1.807) is 14.2 Å². The average Bonchev–Trinajstić information content (AvgIpc) is 3.16. The van der Waals surface area contributed by atoms with Crippen LogP contribution in [0, 0.1) is 5.92 Å². The highest BCUT2D eigenvalue weighted by atomic mass is 16.7. The van der Waals surface area contributed by atoms with Crippen molar-refractivity contribution in [3.63, 3.8) is 0 Å². The maximum Gasteiger partial charge on any atom is 0.231 e. The first-order valence-corrected chi connectivity index (χ1v) is 9.34. The highest BCUT2D eigenvalue weighted by molar-refractivity contribution is 5.59. The molecule has 0 unspecified atom stereocenters. The van der Waals surface area contributed by atoms with Crippen LogP contribution in [0.1, 0.15) is 43.4 Å². The molecule has 3 rings (SSSR count). The summed E-state index contributed by atoms with van der Waals surface area (Å²) in [6, 6.07) is 10.3. The molecule has 4 heteroatoms. The van der Waals surface area contributed by atoms with Crippen LogP contribution in [0.15, 0.2) is 36.4 Å². The van der Waals surface area contributed by atoms with Gasteiger partial charge >= 0.3 is 0 Å². The van der Waals surface area contributed by atoms with E-state index in [2.05, 4.69) is 38.1 Å². The van der Waals surface area contributed by atoms with Gasteiger partial charge in [-0.3, -0.25) is 0 Å². The zero-order valence-corrected chi connectivity index (χ0v) is 16.7. The Morgan fingerprint density at radius 2 is 1.67 bits per heavy atom. The van der Waals surface area contributed by atoms with Crippen molar-refractivity contribution in [3.8, 4) is 23.0 Å². The van der Waals surface area contributed by atoms with Crippen molar-refractivity contribution in [2.75, 3.05) is 21.0 Å². The number of allylic oxidation sites excluding steroid dienone is 1. The molecule has 0 fully saturated rings. The number of hydrogen-bond acceptors (Lipinski definition) is 4. The van der Waals surface area contributed by atoms with Crippen molar-refractivity contribution < 1.29 is 18.9 Å². The summed E-state index contributed by atoms with van der Waals surface area (Å²) in [5, 5.41) is 0. The van der Waals surface area contributed by atoms with E-state index in [9.17, 15) is 0 Å². The molecule has 0 saturated carbocycles. The summed E-state index contributed by atoms with van der Waals surface area (Å²) in [4.78, 5) is 0. The third-order valence-corrected chi connectivity index (χ3v) is 5.29. The fourth-order valence-electron chi connectivity index (χ4n) is 3.52. The smallest absolute Gasteiger partial charge is 0.231 e. The van der Waals surface area contributed by atoms with Crippen molar-refractivity contribution in [2.24, 2.45) is 5.92 Å². The Hall–Kier alpha value is -2.62. The summed E-state index contributed by atoms with van der Waals surface area (Å²) < 4.78 is 22.3. The summed E-state index contributed by atoms with van der Waals surface area (Å²) in [6.07, 6.45) is 4.92. The normalized spacial score (nSPS) is 15.0. The minimum Gasteiger partial charge on any atom is -0.496 e. The second-order valence-corrected chi connectivity index (χ2v) is 6.99. The predicted molar refractivity (Wildman–Crippen MR) is 108 cm³/mol. The number of fused-ring (bicyclic) bond motifs is 1. The molecule has 2 aromatic rings. The lowest BCUT2D eigenvalue weighted by Crippen LogP contribution is -2.11. The van der Waals surface area contributed by atoms with Gasteiger partial charge < -0.3 is 18.9 Å². The van der Waals surface area contributed by atoms with Gasteiger partial charge in [-0.15, -0.1) is 0 Å². The first-order chi connectivity index (χ1) is 13.1. The van der Waals surface area contributed by atoms with E-state index < -0.39 is 0 Å². The van der Waals surface area contributed by atoms with Crippen LogP contribution in [0.2, 0.25) is 0 Å². The minimum atomic E-state index is 0.301. The number of benzene rings is 2. The zero-order valence-electron chi connectivity index (χ0n) is 16.7. The van der Waals surface area contributed by atoms with Crippen LogP contribution in [0.3, 0.4) is 0 Å². The molecule has 2 aromatic carbocycles. The molecule has 0 amide bonds. The predicted octanol–water partition coefficient (Wildman–Crippen LogP) is 5.45. The number of methoxy groups -OCH3 is 2. The van der Waals surface area contributed by atoms with Crippen molar-refractivity contribution >= 4 is 6.08 Å². The van der Waals surface area contributed by atoms with Crippen molar-refractivity contribution in [1.82, 2.24) is 0 Å². The molecular formula is C23H28O4. The van der Waals surface area contributed by atoms with Crippen LogP contribution in [-0.4, -0.2) is 21.0 Å². The fourth-order valence-corrected chi connectivity index (χ4v) is 3.52. The van der Waals surface area contributed by atoms with Gasteiger partial charge in [-0.2, -0.15) is 0 Å². The summed E-state index contributed by atoms with van der Waals surface area (Å²) in [5.41, 5.74) is 3.43. The first-order valence-electron chi connectivity index (χ1n) is 9.34. The van der Waals surface area contributed by atoms with E-state index in [1.807, 2.05) is 25.1 Å². The summed E-state index contributed by atoms with van der Waals surface area (Å²) in [5.74, 6) is 4.13. The second kappa shape index (κ2) is 8.38. The minimum absolute atomic E-state index is 0.301. The largest absolute Gasteiger partial charge is 0.496 e. The van der Waals surface area contributed by atoms with Gasteiger partial charge in [0.2, 0.25) is 6.79 Å². The van der Waals surface area contributed by atoms with Crippen LogP contribution in [-0.2, 0) is 6.42 Å². The SMILES string of the molecule is C/C=C/c1cc(OC)c(C[C@H](C)[C@@H](C)c2ccc3c(c2)OCO3)c(OC)c1. The lowest BCUT2D eigenvalue weighted by molar-refractivity contribution is 0.174. The van der Waals surface area contributed by atoms with E-state index in [1.165, 1.54) is 5.56 Å². The topological polar surface area (TPSA) is 36.9 Å². The van der Waals surface area contributed by atoms with E-state index in [0.717, 1.165) is 40.5 Å². The number of rotatable bonds is 7. The van der Waals surface area contributed by atoms with Gasteiger partial charge in [0.25, 0.3) is 0 Å². The fraction of sp³-hybridized carbons (Fsp3) is 0.391. The maximum absolute atomic E-state index is 5.67. The Labute approximate surface area is 161 Å². The van der Waals surface area contributed by atoms with Crippen LogP contribution in [0.5, 0.6) is 23.0 Å². The molecule has 0 radical (unpaired) electrons. The van der Waals surface area contributed by atoms with Crippen molar-refractivity contribution in [2.45, 2.75) is 33.1 Å². The van der Waals surface area contributed by atoms with Crippen LogP contribution < -0.4 is 18.9 Å². The van der Waals surface area contributed by atoms with Gasteiger partial charge in [-0.25, -0.2) is 0 Å². The van der Waals surface area contributed by atoms with Gasteiger partial charge in [0.05, 0.1) is 14.2 Å². The first kappa shape index (κ1) is 19.2. The molecule has 0 aliphatic carbocycles. The van der Waals surface area contributed by atoms with Crippen LogP contribution >= 0.6 is 0 Å². The lowest BCUT2D eigenvalue weighted by Gasteiger charge is -2.23. The summed E-state index contributed by atoms with van der Waals surface area (Å²) in [7, 11) is 3.42. The molecule has 0 bridgehead atoms. The highest BCUT2D eigenvalue weighted by Gasteiger charge is 2.22. The molecule has 27 heavy (non-hydrogen) atoms. The van der Waals surface area contributed by atoms with Crippen LogP contribution in [0.25, 0.3) is 6.08 Å². The molecule has 1 heterocycles. The Morgan fingerprint density at radius 1 is 1.00 bits per heavy atom. The molecular weight excluding hydrogens is 340 g/mol. The van der Waals surface area contributed by atoms with E-state index in [0.29, 0.717) is 18.6 Å². The maximum atomic E-state index is 5.67. The Morgan fingerprint density at radius 3 is 2.30 bits per heavy atom. The second-order valence-electron chi connectivity index (χ2n) is 6.99. The van der Waals surface area contributed by atoms with E-state index in [-0.39, 0.29) is 0 Å². The molecule has 1 aliphatic rings. The Balaban J connectivity index is 1.85. The zero-order chi connectivity index (χ0) is 19.4. The quantitative estimate of drug-likeness (QED) is 0.651. The Bertz CT molecular complexity index is 800. The lowest BCUT2D eigenvalue weighted by atomic mass is 9.84. The average molecular weight is 368 g/mol. The molecule has 0 N–H and O–H groups in total. The molecule has 0 spiro atoms. The third-order valence-electron chi connectivity index (χ3n) is 5.29. The molecule has 0 aromatic heterocycles. The summed E-state index contributed by atoms with van der Waals surface area (Å²) in [6.45, 7) is 6.81. The Kier molecular flexibility index (Phi) is 5.94. The van der Waals surface area contributed by atoms with Gasteiger partial charge in [-0.1, -0.05) is 32.1 Å². The van der Waals surface area contributed by atoms with Gasteiger partial charge in [0.15, 0.2) is 11.5 Å². The third kappa shape index (κ3) is 4.05. The van der Waals surface area contributed by atoms with Gasteiger partial charge in [-0.05, 0) is 60.6 Å². The highest BCUT2D eigenvalue weighted by Crippen LogP contribution is 2.39.